The summed E-state index contributed by atoms with van der Waals surface area (Å²) in [6.45, 7) is 1.74. The zero-order chi connectivity index (χ0) is 20.6. The van der Waals surface area contributed by atoms with Crippen LogP contribution in [0.1, 0.15) is 15.9 Å². The molecule has 0 unspecified atom stereocenters. The Kier molecular flexibility index (Phi) is 4.81. The normalized spacial score (nSPS) is 11.5. The van der Waals surface area contributed by atoms with Crippen molar-refractivity contribution in [3.05, 3.63) is 93.7 Å². The third-order valence-corrected chi connectivity index (χ3v) is 6.90. The molecule has 1 aromatic heterocycles. The summed E-state index contributed by atoms with van der Waals surface area (Å²) in [6, 6.07) is 18.9. The Bertz CT molecular complexity index is 1370. The molecule has 0 aliphatic carbocycles. The molecule has 0 fully saturated rings. The van der Waals surface area contributed by atoms with Crippen molar-refractivity contribution in [1.82, 2.24) is 0 Å². The molecule has 146 valence electrons. The van der Waals surface area contributed by atoms with Gasteiger partial charge in [-0.15, -0.1) is 0 Å². The average Bonchev–Trinajstić information content (AvgIpc) is 3.08. The van der Waals surface area contributed by atoms with Gasteiger partial charge in [0.15, 0.2) is 0 Å². The minimum Gasteiger partial charge on any atom is -0.414 e. The highest BCUT2D eigenvalue weighted by Crippen LogP contribution is 2.30. The zero-order valence-electron chi connectivity index (χ0n) is 15.2. The first-order chi connectivity index (χ1) is 13.9. The van der Waals surface area contributed by atoms with E-state index in [1.807, 2.05) is 0 Å². The van der Waals surface area contributed by atoms with Gasteiger partial charge >= 0.3 is 4.94 Å². The van der Waals surface area contributed by atoms with Gasteiger partial charge in [-0.3, -0.25) is 4.79 Å². The predicted octanol–water partition coefficient (Wildman–Crippen LogP) is 4.20. The van der Waals surface area contributed by atoms with E-state index in [-0.39, 0.29) is 16.1 Å². The van der Waals surface area contributed by atoms with Crippen LogP contribution in [0.4, 0.5) is 5.69 Å². The van der Waals surface area contributed by atoms with Crippen molar-refractivity contribution in [1.29, 1.82) is 0 Å². The molecule has 8 heteroatoms. The highest BCUT2D eigenvalue weighted by molar-refractivity contribution is 7.93. The summed E-state index contributed by atoms with van der Waals surface area (Å²) in [4.78, 5) is 24.4. The molecular formula is C21H15NO5S2. The number of carbonyl (C=O) groups excluding carboxylic acids is 1. The molecule has 0 spiro atoms. The predicted molar refractivity (Wildman–Crippen MR) is 112 cm³/mol. The van der Waals surface area contributed by atoms with E-state index in [1.54, 1.807) is 49.4 Å². The number of hydrogen-bond donors (Lipinski definition) is 0. The van der Waals surface area contributed by atoms with E-state index < -0.39 is 20.9 Å². The van der Waals surface area contributed by atoms with Gasteiger partial charge in [0.25, 0.3) is 15.9 Å². The number of sulfonamides is 1. The van der Waals surface area contributed by atoms with Gasteiger partial charge in [-0.05, 0) is 48.9 Å². The van der Waals surface area contributed by atoms with Crippen molar-refractivity contribution < 1.29 is 17.6 Å². The first kappa shape index (κ1) is 19.1. The van der Waals surface area contributed by atoms with Gasteiger partial charge in [0.1, 0.15) is 5.58 Å². The zero-order valence-corrected chi connectivity index (χ0v) is 16.9. The summed E-state index contributed by atoms with van der Waals surface area (Å²) in [6.07, 6.45) is 0. The number of nitrogens with zero attached hydrogens (tertiary/aromatic N) is 1. The van der Waals surface area contributed by atoms with E-state index in [9.17, 15) is 18.0 Å². The van der Waals surface area contributed by atoms with Gasteiger partial charge in [-0.25, -0.2) is 13.2 Å². The van der Waals surface area contributed by atoms with E-state index in [0.29, 0.717) is 15.8 Å². The molecule has 0 saturated heterocycles. The van der Waals surface area contributed by atoms with Gasteiger partial charge in [-0.2, -0.15) is 4.31 Å². The fourth-order valence-electron chi connectivity index (χ4n) is 2.97. The lowest BCUT2D eigenvalue weighted by molar-refractivity contribution is 0.100. The average molecular weight is 425 g/mol. The number of amides is 1. The number of hydrogen-bond acceptors (Lipinski definition) is 6. The number of rotatable bonds is 4. The quantitative estimate of drug-likeness (QED) is 0.489. The van der Waals surface area contributed by atoms with Gasteiger partial charge in [0, 0.05) is 5.56 Å². The largest absolute Gasteiger partial charge is 0.414 e. The lowest BCUT2D eigenvalue weighted by Gasteiger charge is -2.23. The molecule has 0 N–H and O–H groups in total. The lowest BCUT2D eigenvalue weighted by Crippen LogP contribution is -2.37. The second kappa shape index (κ2) is 7.31. The minimum atomic E-state index is -4.20. The van der Waals surface area contributed by atoms with Crippen LogP contribution in [0.15, 0.2) is 86.9 Å². The third-order valence-electron chi connectivity index (χ3n) is 4.39. The SMILES string of the molecule is Cc1ccccc1C(=O)N(c1ccc2oc(=O)sc2c1)S(=O)(=O)c1ccccc1. The van der Waals surface area contributed by atoms with E-state index >= 15 is 0 Å². The van der Waals surface area contributed by atoms with Gasteiger partial charge < -0.3 is 4.42 Å². The molecule has 0 bridgehead atoms. The molecule has 0 aliphatic rings. The van der Waals surface area contributed by atoms with Crippen molar-refractivity contribution in [3.8, 4) is 0 Å². The third kappa shape index (κ3) is 3.48. The first-order valence-corrected chi connectivity index (χ1v) is 10.9. The highest BCUT2D eigenvalue weighted by Gasteiger charge is 2.32. The molecular weight excluding hydrogens is 410 g/mol. The summed E-state index contributed by atoms with van der Waals surface area (Å²) >= 11 is 0.846. The lowest BCUT2D eigenvalue weighted by atomic mass is 10.1. The van der Waals surface area contributed by atoms with Crippen molar-refractivity contribution in [2.24, 2.45) is 0 Å². The molecule has 0 atom stereocenters. The van der Waals surface area contributed by atoms with E-state index in [1.165, 1.54) is 30.3 Å². The van der Waals surface area contributed by atoms with Gasteiger partial charge in [-0.1, -0.05) is 47.7 Å². The van der Waals surface area contributed by atoms with Crippen molar-refractivity contribution >= 4 is 43.2 Å². The summed E-state index contributed by atoms with van der Waals surface area (Å²) < 4.78 is 33.1. The maximum Gasteiger partial charge on any atom is 0.396 e. The second-order valence-corrected chi connectivity index (χ2v) is 9.05. The van der Waals surface area contributed by atoms with E-state index in [0.717, 1.165) is 15.6 Å². The second-order valence-electron chi connectivity index (χ2n) is 6.29. The Balaban J connectivity index is 1.94. The van der Waals surface area contributed by atoms with Crippen LogP contribution < -0.4 is 9.24 Å². The van der Waals surface area contributed by atoms with Gasteiger partial charge in [0.05, 0.1) is 15.3 Å². The van der Waals surface area contributed by atoms with Crippen LogP contribution in [0.25, 0.3) is 10.3 Å². The summed E-state index contributed by atoms with van der Waals surface area (Å²) in [7, 11) is -4.20. The van der Waals surface area contributed by atoms with E-state index in [2.05, 4.69) is 0 Å². The van der Waals surface area contributed by atoms with E-state index in [4.69, 9.17) is 4.42 Å². The Labute approximate surface area is 170 Å². The number of anilines is 1. The van der Waals surface area contributed by atoms with Crippen molar-refractivity contribution in [2.45, 2.75) is 11.8 Å². The maximum absolute atomic E-state index is 13.4. The molecule has 0 aliphatic heterocycles. The number of carbonyl (C=O) groups is 1. The smallest absolute Gasteiger partial charge is 0.396 e. The molecule has 0 saturated carbocycles. The molecule has 0 radical (unpaired) electrons. The Hall–Kier alpha value is -3.23. The maximum atomic E-state index is 13.4. The number of benzene rings is 3. The molecule has 4 rings (SSSR count). The van der Waals surface area contributed by atoms with Crippen molar-refractivity contribution in [3.63, 3.8) is 0 Å². The summed E-state index contributed by atoms with van der Waals surface area (Å²) in [5.41, 5.74) is 1.39. The van der Waals surface area contributed by atoms with Crippen LogP contribution in [-0.2, 0) is 10.0 Å². The monoisotopic (exact) mass is 425 g/mol. The van der Waals surface area contributed by atoms with Crippen molar-refractivity contribution in [2.75, 3.05) is 4.31 Å². The Morgan fingerprint density at radius 1 is 0.966 bits per heavy atom. The number of fused-ring (bicyclic) bond motifs is 1. The minimum absolute atomic E-state index is 0.0117. The standard InChI is InChI=1S/C21H15NO5S2/c1-14-7-5-6-10-17(14)20(23)22(29(25,26)16-8-3-2-4-9-16)15-11-12-18-19(13-15)28-21(24)27-18/h2-13H,1H3. The van der Waals surface area contributed by atoms with Crippen LogP contribution in [0.3, 0.4) is 0 Å². The Morgan fingerprint density at radius 3 is 2.38 bits per heavy atom. The topological polar surface area (TPSA) is 84.7 Å². The van der Waals surface area contributed by atoms with Crippen LogP contribution in [0.5, 0.6) is 0 Å². The number of aryl methyl sites for hydroxylation is 1. The molecule has 1 amide bonds. The van der Waals surface area contributed by atoms with Crippen LogP contribution in [-0.4, -0.2) is 14.3 Å². The summed E-state index contributed by atoms with van der Waals surface area (Å²) in [5.74, 6) is -0.679. The molecule has 1 heterocycles. The van der Waals surface area contributed by atoms with Crippen LogP contribution in [0.2, 0.25) is 0 Å². The van der Waals surface area contributed by atoms with Crippen LogP contribution in [0, 0.1) is 6.92 Å². The molecule has 29 heavy (non-hydrogen) atoms. The molecule has 3 aromatic carbocycles. The molecule has 6 nitrogen and oxygen atoms in total. The Morgan fingerprint density at radius 2 is 1.66 bits per heavy atom. The van der Waals surface area contributed by atoms with Crippen LogP contribution >= 0.6 is 11.3 Å². The first-order valence-electron chi connectivity index (χ1n) is 8.62. The van der Waals surface area contributed by atoms with Gasteiger partial charge in [0.2, 0.25) is 0 Å². The molecule has 4 aromatic rings. The summed E-state index contributed by atoms with van der Waals surface area (Å²) in [5, 5.41) is 0. The fourth-order valence-corrected chi connectivity index (χ4v) is 5.09. The fraction of sp³-hybridized carbons (Fsp3) is 0.0476. The highest BCUT2D eigenvalue weighted by atomic mass is 32.2.